The van der Waals surface area contributed by atoms with Gasteiger partial charge in [0, 0.05) is 35.4 Å². The smallest absolute Gasteiger partial charge is 0.262 e. The first kappa shape index (κ1) is 46.5. The van der Waals surface area contributed by atoms with E-state index in [9.17, 15) is 19.2 Å². The Labute approximate surface area is 353 Å². The number of aryl methyl sites for hydroxylation is 1. The summed E-state index contributed by atoms with van der Waals surface area (Å²) in [5, 5.41) is 0.937. The highest BCUT2D eigenvalue weighted by molar-refractivity contribution is 7.17. The summed E-state index contributed by atoms with van der Waals surface area (Å²) in [5.41, 5.74) is 6.95. The SMILES string of the molecule is CCCCC(CC)CN(CC(CC)CCCC)c1nc(-c2c(C(C)C)cc(C)cc2C(C)C)c(/C=C2\C(=O)N(C(C(C)=O)C(=O)c3ccccc3)C(=O)C(C)=C2C)s1. The maximum Gasteiger partial charge on any atom is 0.262 e. The number of carbonyl (C=O) groups is 4. The Morgan fingerprint density at radius 3 is 1.79 bits per heavy atom. The molecule has 7 nitrogen and oxygen atoms in total. The summed E-state index contributed by atoms with van der Waals surface area (Å²) in [4.78, 5) is 65.9. The number of thiazole rings is 1. The quantitative estimate of drug-likeness (QED) is 0.0461. The van der Waals surface area contributed by atoms with Crippen LogP contribution >= 0.6 is 11.3 Å². The van der Waals surface area contributed by atoms with Gasteiger partial charge in [-0.2, -0.15) is 0 Å². The topological polar surface area (TPSA) is 87.7 Å². The standard InChI is InChI=1S/C50H69N3O4S/c1-13-17-22-37(15-3)29-52(30-38(16-4)23-18-14-2)50-51-45(44-40(31(5)6)26-33(9)27-41(44)32(7)8)43(58-50)28-42-34(10)35(11)48(56)53(49(42)57)46(36(12)54)47(55)39-24-20-19-21-25-39/h19-21,24-28,31-32,37-38,46H,13-18,22-23,29-30H2,1-12H3/b42-28-. The van der Waals surface area contributed by atoms with Crippen molar-refractivity contribution < 1.29 is 19.2 Å². The van der Waals surface area contributed by atoms with E-state index in [1.54, 1.807) is 55.5 Å². The van der Waals surface area contributed by atoms with Crippen molar-refractivity contribution in [1.29, 1.82) is 0 Å². The number of anilines is 1. The van der Waals surface area contributed by atoms with E-state index in [1.165, 1.54) is 36.5 Å². The van der Waals surface area contributed by atoms with Gasteiger partial charge in [0.15, 0.2) is 22.7 Å². The summed E-state index contributed by atoms with van der Waals surface area (Å²) in [6.45, 7) is 26.7. The summed E-state index contributed by atoms with van der Waals surface area (Å²) >= 11 is 1.61. The summed E-state index contributed by atoms with van der Waals surface area (Å²) in [6.07, 6.45) is 11.1. The Morgan fingerprint density at radius 1 is 0.793 bits per heavy atom. The van der Waals surface area contributed by atoms with Crippen molar-refractivity contribution in [2.75, 3.05) is 18.0 Å². The van der Waals surface area contributed by atoms with E-state index >= 15 is 0 Å². The van der Waals surface area contributed by atoms with Crippen LogP contribution in [0, 0.1) is 18.8 Å². The Kier molecular flexibility index (Phi) is 17.0. The first-order valence-corrected chi connectivity index (χ1v) is 22.7. The Hall–Kier alpha value is -4.17. The van der Waals surface area contributed by atoms with Crippen molar-refractivity contribution >= 4 is 45.9 Å². The van der Waals surface area contributed by atoms with Crippen molar-refractivity contribution in [1.82, 2.24) is 9.88 Å². The zero-order chi connectivity index (χ0) is 42.8. The largest absolute Gasteiger partial charge is 0.348 e. The lowest BCUT2D eigenvalue weighted by atomic mass is 9.85. The van der Waals surface area contributed by atoms with Gasteiger partial charge in [0.1, 0.15) is 0 Å². The van der Waals surface area contributed by atoms with Crippen LogP contribution in [0.5, 0.6) is 0 Å². The Bertz CT molecular complexity index is 1940. The average molecular weight is 808 g/mol. The number of imide groups is 1. The molecule has 0 aliphatic carbocycles. The minimum Gasteiger partial charge on any atom is -0.348 e. The molecule has 2 aromatic carbocycles. The number of aromatic nitrogens is 1. The third kappa shape index (κ3) is 10.7. The molecule has 0 fully saturated rings. The molecular formula is C50H69N3O4S. The van der Waals surface area contributed by atoms with E-state index in [2.05, 4.69) is 79.3 Å². The van der Waals surface area contributed by atoms with Crippen LogP contribution in [0.2, 0.25) is 0 Å². The lowest BCUT2D eigenvalue weighted by molar-refractivity contribution is -0.146. The van der Waals surface area contributed by atoms with Gasteiger partial charge in [-0.1, -0.05) is 153 Å². The second-order valence-corrected chi connectivity index (χ2v) is 18.1. The van der Waals surface area contributed by atoms with Gasteiger partial charge in [0.2, 0.25) is 0 Å². The minimum atomic E-state index is -1.58. The number of carbonyl (C=O) groups excluding carboxylic acids is 4. The molecule has 3 unspecified atom stereocenters. The summed E-state index contributed by atoms with van der Waals surface area (Å²) in [6, 6.07) is 11.4. The number of Topliss-reactive ketones (excluding diaryl/α,β-unsaturated/α-hetero) is 2. The van der Waals surface area contributed by atoms with E-state index in [0.717, 1.165) is 77.8 Å². The molecule has 2 heterocycles. The fourth-order valence-corrected chi connectivity index (χ4v) is 9.19. The summed E-state index contributed by atoms with van der Waals surface area (Å²) in [7, 11) is 0. The van der Waals surface area contributed by atoms with Crippen LogP contribution in [0.1, 0.15) is 171 Å². The highest BCUT2D eigenvalue weighted by Gasteiger charge is 2.43. The molecule has 1 aromatic heterocycles. The van der Waals surface area contributed by atoms with Crippen LogP contribution in [0.4, 0.5) is 5.13 Å². The van der Waals surface area contributed by atoms with Gasteiger partial charge in [0.05, 0.1) is 10.6 Å². The van der Waals surface area contributed by atoms with Gasteiger partial charge in [-0.05, 0) is 87.0 Å². The van der Waals surface area contributed by atoms with Crippen LogP contribution in [0.3, 0.4) is 0 Å². The van der Waals surface area contributed by atoms with Crippen molar-refractivity contribution in [2.45, 2.75) is 152 Å². The highest BCUT2D eigenvalue weighted by Crippen LogP contribution is 2.44. The molecule has 0 saturated heterocycles. The molecule has 0 bridgehead atoms. The molecule has 0 spiro atoms. The fraction of sp³-hybridized carbons (Fsp3) is 0.540. The lowest BCUT2D eigenvalue weighted by Gasteiger charge is -2.33. The molecule has 0 radical (unpaired) electrons. The molecule has 58 heavy (non-hydrogen) atoms. The minimum absolute atomic E-state index is 0.208. The fourth-order valence-electron chi connectivity index (χ4n) is 8.15. The molecule has 3 aromatic rings. The molecule has 0 N–H and O–H groups in total. The molecule has 3 atom stereocenters. The Balaban J connectivity index is 2.04. The second-order valence-electron chi connectivity index (χ2n) is 17.1. The van der Waals surface area contributed by atoms with Gasteiger partial charge in [-0.3, -0.25) is 24.1 Å². The maximum absolute atomic E-state index is 14.8. The number of hydrogen-bond acceptors (Lipinski definition) is 7. The van der Waals surface area contributed by atoms with Gasteiger partial charge < -0.3 is 4.90 Å². The van der Waals surface area contributed by atoms with E-state index in [0.29, 0.717) is 28.6 Å². The molecule has 4 rings (SSSR count). The zero-order valence-electron chi connectivity index (χ0n) is 37.5. The summed E-state index contributed by atoms with van der Waals surface area (Å²) in [5.74, 6) is -0.964. The van der Waals surface area contributed by atoms with E-state index < -0.39 is 29.4 Å². The zero-order valence-corrected chi connectivity index (χ0v) is 38.3. The lowest BCUT2D eigenvalue weighted by Crippen LogP contribution is -2.54. The van der Waals surface area contributed by atoms with Crippen LogP contribution in [-0.4, -0.2) is 52.4 Å². The first-order chi connectivity index (χ1) is 27.6. The molecular weight excluding hydrogens is 739 g/mol. The van der Waals surface area contributed by atoms with Crippen molar-refractivity contribution in [3.63, 3.8) is 0 Å². The predicted octanol–water partition coefficient (Wildman–Crippen LogP) is 12.5. The monoisotopic (exact) mass is 808 g/mol. The number of benzene rings is 2. The van der Waals surface area contributed by atoms with Crippen LogP contribution < -0.4 is 4.90 Å². The van der Waals surface area contributed by atoms with Gasteiger partial charge in [0.25, 0.3) is 11.8 Å². The number of nitrogens with zero attached hydrogens (tertiary/aromatic N) is 3. The number of unbranched alkanes of at least 4 members (excludes halogenated alkanes) is 2. The van der Waals surface area contributed by atoms with Crippen LogP contribution in [0.15, 0.2) is 59.2 Å². The summed E-state index contributed by atoms with van der Waals surface area (Å²) < 4.78 is 0. The molecule has 8 heteroatoms. The van der Waals surface area contributed by atoms with Crippen LogP contribution in [0.25, 0.3) is 17.3 Å². The third-order valence-electron chi connectivity index (χ3n) is 12.0. The average Bonchev–Trinajstić information content (AvgIpc) is 3.62. The third-order valence-corrected chi connectivity index (χ3v) is 13.0. The van der Waals surface area contributed by atoms with Crippen molar-refractivity contribution in [3.05, 3.63) is 86.3 Å². The van der Waals surface area contributed by atoms with E-state index in [-0.39, 0.29) is 17.4 Å². The molecule has 0 saturated carbocycles. The van der Waals surface area contributed by atoms with Crippen molar-refractivity contribution in [2.24, 2.45) is 11.8 Å². The normalized spacial score (nSPS) is 15.8. The number of ketones is 2. The van der Waals surface area contributed by atoms with Gasteiger partial charge in [-0.25, -0.2) is 4.98 Å². The second kappa shape index (κ2) is 21.2. The molecule has 1 aliphatic rings. The number of hydrogen-bond donors (Lipinski definition) is 0. The molecule has 2 amide bonds. The highest BCUT2D eigenvalue weighted by atomic mass is 32.1. The maximum atomic E-state index is 14.8. The molecule has 314 valence electrons. The molecule has 1 aliphatic heterocycles. The van der Waals surface area contributed by atoms with Gasteiger partial charge >= 0.3 is 0 Å². The van der Waals surface area contributed by atoms with E-state index in [4.69, 9.17) is 4.98 Å². The Morgan fingerprint density at radius 2 is 1.33 bits per heavy atom. The number of rotatable bonds is 21. The van der Waals surface area contributed by atoms with Gasteiger partial charge in [-0.15, -0.1) is 0 Å². The van der Waals surface area contributed by atoms with Crippen LogP contribution in [-0.2, 0) is 14.4 Å². The predicted molar refractivity (Wildman–Crippen MR) is 243 cm³/mol. The van der Waals surface area contributed by atoms with E-state index in [1.807, 2.05) is 6.08 Å². The number of amides is 2. The van der Waals surface area contributed by atoms with Crippen molar-refractivity contribution in [3.8, 4) is 11.3 Å². The first-order valence-electron chi connectivity index (χ1n) is 21.9.